The monoisotopic (exact) mass is 313 g/mol. The molecule has 0 aliphatic heterocycles. The predicted octanol–water partition coefficient (Wildman–Crippen LogP) is 4.10. The van der Waals surface area contributed by atoms with Crippen LogP contribution in [0.15, 0.2) is 42.7 Å². The first-order valence-electron chi connectivity index (χ1n) is 7.10. The molecule has 0 saturated heterocycles. The number of aromatic amines is 1. The number of carbonyl (C=O) groups is 1. The molecule has 1 heterocycles. The van der Waals surface area contributed by atoms with Crippen LogP contribution in [-0.4, -0.2) is 15.9 Å². The second-order valence-corrected chi connectivity index (χ2v) is 5.67. The minimum Gasteiger partial charge on any atom is -0.345 e. The molecule has 3 aromatic rings. The van der Waals surface area contributed by atoms with Crippen LogP contribution in [0.2, 0.25) is 5.02 Å². The molecular weight excluding hydrogens is 298 g/mol. The van der Waals surface area contributed by atoms with Crippen LogP contribution in [0.5, 0.6) is 0 Å². The van der Waals surface area contributed by atoms with Gasteiger partial charge in [0.2, 0.25) is 5.91 Å². The highest BCUT2D eigenvalue weighted by molar-refractivity contribution is 6.31. The first-order valence-corrected chi connectivity index (χ1v) is 7.47. The average Bonchev–Trinajstić information content (AvgIpc) is 2.96. The van der Waals surface area contributed by atoms with Gasteiger partial charge in [0.15, 0.2) is 0 Å². The van der Waals surface area contributed by atoms with Gasteiger partial charge in [0.05, 0.1) is 17.4 Å². The Labute approximate surface area is 133 Å². The molecule has 0 aliphatic rings. The summed E-state index contributed by atoms with van der Waals surface area (Å²) in [6.45, 7) is 1.93. The fraction of sp³-hybridized carbons (Fsp3) is 0.176. The van der Waals surface area contributed by atoms with Crippen LogP contribution in [0, 0.1) is 6.92 Å². The Balaban J connectivity index is 1.60. The van der Waals surface area contributed by atoms with Gasteiger partial charge < -0.3 is 10.3 Å². The third kappa shape index (κ3) is 3.28. The summed E-state index contributed by atoms with van der Waals surface area (Å²) in [5.41, 5.74) is 4.75. The van der Waals surface area contributed by atoms with Crippen LogP contribution >= 0.6 is 11.6 Å². The van der Waals surface area contributed by atoms with Gasteiger partial charge in [0, 0.05) is 17.1 Å². The maximum atomic E-state index is 12.0. The maximum absolute atomic E-state index is 12.0. The van der Waals surface area contributed by atoms with E-state index in [2.05, 4.69) is 15.3 Å². The molecule has 2 N–H and O–H groups in total. The molecule has 5 heteroatoms. The number of imidazole rings is 1. The Morgan fingerprint density at radius 2 is 2.14 bits per heavy atom. The number of aromatic nitrogens is 2. The highest BCUT2D eigenvalue weighted by Gasteiger charge is 2.06. The van der Waals surface area contributed by atoms with Crippen molar-refractivity contribution in [2.24, 2.45) is 0 Å². The van der Waals surface area contributed by atoms with Crippen LogP contribution < -0.4 is 5.32 Å². The van der Waals surface area contributed by atoms with Gasteiger partial charge in [0.1, 0.15) is 0 Å². The number of amides is 1. The van der Waals surface area contributed by atoms with Crippen molar-refractivity contribution < 1.29 is 4.79 Å². The van der Waals surface area contributed by atoms with Gasteiger partial charge in [-0.3, -0.25) is 4.79 Å². The molecule has 0 unspecified atom stereocenters. The highest BCUT2D eigenvalue weighted by Crippen LogP contribution is 2.20. The van der Waals surface area contributed by atoms with E-state index in [4.69, 9.17) is 11.6 Å². The van der Waals surface area contributed by atoms with Crippen LogP contribution in [-0.2, 0) is 11.2 Å². The lowest BCUT2D eigenvalue weighted by Crippen LogP contribution is -2.12. The fourth-order valence-corrected chi connectivity index (χ4v) is 2.47. The number of nitrogens with zero attached hydrogens (tertiary/aromatic N) is 1. The SMILES string of the molecule is Cc1ccc(NC(=O)CCc2ccc3nc[nH]c3c2)cc1Cl. The van der Waals surface area contributed by atoms with Gasteiger partial charge in [-0.2, -0.15) is 0 Å². The van der Waals surface area contributed by atoms with Crippen LogP contribution in [0.3, 0.4) is 0 Å². The van der Waals surface area contributed by atoms with Crippen molar-refractivity contribution >= 4 is 34.2 Å². The first kappa shape index (κ1) is 14.6. The number of aryl methyl sites for hydroxylation is 2. The number of anilines is 1. The molecule has 0 fully saturated rings. The molecule has 22 heavy (non-hydrogen) atoms. The molecule has 3 rings (SSSR count). The van der Waals surface area contributed by atoms with Crippen molar-refractivity contribution in [1.82, 2.24) is 9.97 Å². The number of halogens is 1. The zero-order valence-electron chi connectivity index (χ0n) is 12.2. The molecule has 0 radical (unpaired) electrons. The van der Waals surface area contributed by atoms with E-state index in [9.17, 15) is 4.79 Å². The number of nitrogens with one attached hydrogen (secondary N) is 2. The normalized spacial score (nSPS) is 10.8. The molecule has 1 aromatic heterocycles. The lowest BCUT2D eigenvalue weighted by molar-refractivity contribution is -0.116. The summed E-state index contributed by atoms with van der Waals surface area (Å²) >= 11 is 6.05. The van der Waals surface area contributed by atoms with E-state index in [0.717, 1.165) is 27.8 Å². The Bertz CT molecular complexity index is 826. The second-order valence-electron chi connectivity index (χ2n) is 5.27. The van der Waals surface area contributed by atoms with E-state index in [1.807, 2.05) is 37.3 Å². The number of benzene rings is 2. The lowest BCUT2D eigenvalue weighted by Gasteiger charge is -2.07. The van der Waals surface area contributed by atoms with Crippen LogP contribution in [0.25, 0.3) is 11.0 Å². The second kappa shape index (κ2) is 6.20. The molecule has 0 atom stereocenters. The summed E-state index contributed by atoms with van der Waals surface area (Å²) in [4.78, 5) is 19.3. The summed E-state index contributed by atoms with van der Waals surface area (Å²) in [5.74, 6) is -0.0235. The molecule has 0 saturated carbocycles. The van der Waals surface area contributed by atoms with Crippen molar-refractivity contribution in [3.8, 4) is 0 Å². The third-order valence-electron chi connectivity index (χ3n) is 3.58. The Morgan fingerprint density at radius 3 is 2.95 bits per heavy atom. The van der Waals surface area contributed by atoms with Crippen molar-refractivity contribution in [3.05, 3.63) is 58.9 Å². The molecule has 0 bridgehead atoms. The van der Waals surface area contributed by atoms with E-state index >= 15 is 0 Å². The third-order valence-corrected chi connectivity index (χ3v) is 3.99. The Kier molecular flexibility index (Phi) is 4.11. The van der Waals surface area contributed by atoms with Gasteiger partial charge in [-0.25, -0.2) is 4.98 Å². The smallest absolute Gasteiger partial charge is 0.224 e. The predicted molar refractivity (Wildman–Crippen MR) is 89.2 cm³/mol. The summed E-state index contributed by atoms with van der Waals surface area (Å²) in [6.07, 6.45) is 2.77. The quantitative estimate of drug-likeness (QED) is 0.762. The topological polar surface area (TPSA) is 57.8 Å². The van der Waals surface area contributed by atoms with Crippen LogP contribution in [0.4, 0.5) is 5.69 Å². The maximum Gasteiger partial charge on any atom is 0.224 e. The molecule has 0 spiro atoms. The van der Waals surface area contributed by atoms with Gasteiger partial charge in [-0.1, -0.05) is 23.7 Å². The zero-order valence-corrected chi connectivity index (χ0v) is 12.9. The molecule has 112 valence electrons. The Morgan fingerprint density at radius 1 is 1.27 bits per heavy atom. The fourth-order valence-electron chi connectivity index (χ4n) is 2.29. The minimum absolute atomic E-state index is 0.0235. The molecule has 0 aliphatic carbocycles. The molecular formula is C17H16ClN3O. The number of rotatable bonds is 4. The van der Waals surface area contributed by atoms with Crippen molar-refractivity contribution in [3.63, 3.8) is 0 Å². The minimum atomic E-state index is -0.0235. The first-order chi connectivity index (χ1) is 10.6. The molecule has 2 aromatic carbocycles. The Hall–Kier alpha value is -2.33. The number of carbonyl (C=O) groups excluding carboxylic acids is 1. The summed E-state index contributed by atoms with van der Waals surface area (Å²) in [5, 5.41) is 3.52. The summed E-state index contributed by atoms with van der Waals surface area (Å²) in [7, 11) is 0. The van der Waals surface area contributed by atoms with Gasteiger partial charge in [-0.15, -0.1) is 0 Å². The van der Waals surface area contributed by atoms with Crippen molar-refractivity contribution in [2.45, 2.75) is 19.8 Å². The van der Waals surface area contributed by atoms with E-state index in [-0.39, 0.29) is 5.91 Å². The standard InChI is InChI=1S/C17H16ClN3O/c1-11-2-5-13(9-14(11)18)21-17(22)7-4-12-3-6-15-16(8-12)20-10-19-15/h2-3,5-6,8-10H,4,7H2,1H3,(H,19,20)(H,21,22). The largest absolute Gasteiger partial charge is 0.345 e. The highest BCUT2D eigenvalue weighted by atomic mass is 35.5. The van der Waals surface area contributed by atoms with Crippen molar-refractivity contribution in [1.29, 1.82) is 0 Å². The number of hydrogen-bond acceptors (Lipinski definition) is 2. The summed E-state index contributed by atoms with van der Waals surface area (Å²) in [6, 6.07) is 11.5. The van der Waals surface area contributed by atoms with E-state index < -0.39 is 0 Å². The number of hydrogen-bond donors (Lipinski definition) is 2. The van der Waals surface area contributed by atoms with Gasteiger partial charge in [-0.05, 0) is 48.7 Å². The van der Waals surface area contributed by atoms with Crippen molar-refractivity contribution in [2.75, 3.05) is 5.32 Å². The van der Waals surface area contributed by atoms with E-state index in [1.54, 1.807) is 12.4 Å². The zero-order chi connectivity index (χ0) is 15.5. The molecule has 4 nitrogen and oxygen atoms in total. The van der Waals surface area contributed by atoms with Gasteiger partial charge >= 0.3 is 0 Å². The summed E-state index contributed by atoms with van der Waals surface area (Å²) < 4.78 is 0. The number of H-pyrrole nitrogens is 1. The van der Waals surface area contributed by atoms with Gasteiger partial charge in [0.25, 0.3) is 0 Å². The number of fused-ring (bicyclic) bond motifs is 1. The van der Waals surface area contributed by atoms with E-state index in [0.29, 0.717) is 17.9 Å². The lowest BCUT2D eigenvalue weighted by atomic mass is 10.1. The van der Waals surface area contributed by atoms with E-state index in [1.165, 1.54) is 0 Å². The average molecular weight is 314 g/mol. The molecule has 1 amide bonds. The van der Waals surface area contributed by atoms with Crippen LogP contribution in [0.1, 0.15) is 17.5 Å².